The van der Waals surface area contributed by atoms with E-state index in [2.05, 4.69) is 9.88 Å². The van der Waals surface area contributed by atoms with Crippen LogP contribution in [0.15, 0.2) is 12.3 Å². The molecular weight excluding hydrogens is 358 g/mol. The number of amides is 1. The van der Waals surface area contributed by atoms with Gasteiger partial charge in [0.25, 0.3) is 0 Å². The van der Waals surface area contributed by atoms with Crippen LogP contribution in [0.3, 0.4) is 0 Å². The molecule has 28 heavy (non-hydrogen) atoms. The molecule has 4 heterocycles. The highest BCUT2D eigenvalue weighted by molar-refractivity contribution is 5.68. The van der Waals surface area contributed by atoms with Crippen LogP contribution in [-0.2, 0) is 15.9 Å². The lowest BCUT2D eigenvalue weighted by atomic mass is 9.95. The SMILES string of the molecule is CC(C)(C)OC(=O)N1CCC(Oc2ccnc3c2C2COCCN2CC3)CC1. The maximum atomic E-state index is 12.3. The molecule has 0 N–H and O–H groups in total. The van der Waals surface area contributed by atoms with Gasteiger partial charge < -0.3 is 19.1 Å². The van der Waals surface area contributed by atoms with E-state index >= 15 is 0 Å². The summed E-state index contributed by atoms with van der Waals surface area (Å²) in [6, 6.07) is 2.22. The highest BCUT2D eigenvalue weighted by Gasteiger charge is 2.34. The van der Waals surface area contributed by atoms with E-state index in [-0.39, 0.29) is 18.2 Å². The van der Waals surface area contributed by atoms with Gasteiger partial charge in [-0.05, 0) is 26.8 Å². The Balaban J connectivity index is 1.41. The number of nitrogens with zero attached hydrogens (tertiary/aromatic N) is 3. The molecule has 1 aromatic rings. The Morgan fingerprint density at radius 1 is 1.21 bits per heavy atom. The summed E-state index contributed by atoms with van der Waals surface area (Å²) in [5, 5.41) is 0. The van der Waals surface area contributed by atoms with Crippen LogP contribution >= 0.6 is 0 Å². The highest BCUT2D eigenvalue weighted by Crippen LogP contribution is 2.38. The first-order valence-electron chi connectivity index (χ1n) is 10.3. The third-order valence-electron chi connectivity index (χ3n) is 5.63. The largest absolute Gasteiger partial charge is 0.490 e. The summed E-state index contributed by atoms with van der Waals surface area (Å²) in [6.45, 7) is 10.5. The predicted molar refractivity (Wildman–Crippen MR) is 105 cm³/mol. The van der Waals surface area contributed by atoms with E-state index in [0.717, 1.165) is 50.4 Å². The maximum Gasteiger partial charge on any atom is 0.410 e. The smallest absolute Gasteiger partial charge is 0.410 e. The Kier molecular flexibility index (Phi) is 5.47. The van der Waals surface area contributed by atoms with Crippen molar-refractivity contribution in [2.45, 2.75) is 57.8 Å². The summed E-state index contributed by atoms with van der Waals surface area (Å²) >= 11 is 0. The molecule has 0 bridgehead atoms. The van der Waals surface area contributed by atoms with Crippen LogP contribution < -0.4 is 4.74 Å². The van der Waals surface area contributed by atoms with Gasteiger partial charge in [-0.2, -0.15) is 0 Å². The van der Waals surface area contributed by atoms with Crippen molar-refractivity contribution >= 4 is 6.09 Å². The Labute approximate surface area is 166 Å². The van der Waals surface area contributed by atoms with Gasteiger partial charge in [-0.3, -0.25) is 9.88 Å². The number of pyridine rings is 1. The first-order valence-corrected chi connectivity index (χ1v) is 10.3. The number of rotatable bonds is 2. The Morgan fingerprint density at radius 3 is 2.75 bits per heavy atom. The Morgan fingerprint density at radius 2 is 2.00 bits per heavy atom. The number of ether oxygens (including phenoxy) is 3. The van der Waals surface area contributed by atoms with E-state index in [1.807, 2.05) is 33.0 Å². The lowest BCUT2D eigenvalue weighted by molar-refractivity contribution is -0.0156. The lowest BCUT2D eigenvalue weighted by Crippen LogP contribution is -2.45. The molecule has 1 aromatic heterocycles. The number of morpholine rings is 1. The van der Waals surface area contributed by atoms with Crippen LogP contribution in [0.1, 0.15) is 50.9 Å². The molecule has 1 amide bonds. The van der Waals surface area contributed by atoms with E-state index in [1.54, 1.807) is 4.90 Å². The fourth-order valence-corrected chi connectivity index (χ4v) is 4.24. The molecule has 0 aliphatic carbocycles. The fourth-order valence-electron chi connectivity index (χ4n) is 4.24. The summed E-state index contributed by atoms with van der Waals surface area (Å²) < 4.78 is 17.7. The van der Waals surface area contributed by atoms with E-state index in [1.165, 1.54) is 5.56 Å². The average molecular weight is 389 g/mol. The van der Waals surface area contributed by atoms with Crippen molar-refractivity contribution in [3.8, 4) is 5.75 Å². The summed E-state index contributed by atoms with van der Waals surface area (Å²) in [4.78, 5) is 21.1. The molecule has 154 valence electrons. The van der Waals surface area contributed by atoms with Gasteiger partial charge >= 0.3 is 6.09 Å². The zero-order chi connectivity index (χ0) is 19.7. The molecule has 0 saturated carbocycles. The van der Waals surface area contributed by atoms with E-state index in [4.69, 9.17) is 14.2 Å². The van der Waals surface area contributed by atoms with Gasteiger partial charge in [0.1, 0.15) is 17.5 Å². The predicted octanol–water partition coefficient (Wildman–Crippen LogP) is 2.79. The zero-order valence-corrected chi connectivity index (χ0v) is 17.1. The summed E-state index contributed by atoms with van der Waals surface area (Å²) in [5.41, 5.74) is 1.87. The van der Waals surface area contributed by atoms with Crippen LogP contribution in [0, 0.1) is 0 Å². The Hall–Kier alpha value is -1.86. The van der Waals surface area contributed by atoms with Crippen LogP contribution in [0.4, 0.5) is 4.79 Å². The molecule has 7 nitrogen and oxygen atoms in total. The molecule has 7 heteroatoms. The second-order valence-electron chi connectivity index (χ2n) is 8.83. The second kappa shape index (κ2) is 7.87. The molecule has 2 saturated heterocycles. The van der Waals surface area contributed by atoms with Gasteiger partial charge in [0, 0.05) is 57.2 Å². The summed E-state index contributed by atoms with van der Waals surface area (Å²) in [7, 11) is 0. The van der Waals surface area contributed by atoms with Gasteiger partial charge in [0.2, 0.25) is 0 Å². The molecule has 0 spiro atoms. The Bertz CT molecular complexity index is 710. The van der Waals surface area contributed by atoms with Crippen LogP contribution in [0.25, 0.3) is 0 Å². The molecule has 3 aliphatic rings. The number of likely N-dealkylation sites (tertiary alicyclic amines) is 1. The third-order valence-corrected chi connectivity index (χ3v) is 5.63. The topological polar surface area (TPSA) is 64.1 Å². The van der Waals surface area contributed by atoms with Crippen LogP contribution in [0.2, 0.25) is 0 Å². The van der Waals surface area contributed by atoms with E-state index < -0.39 is 5.60 Å². The monoisotopic (exact) mass is 389 g/mol. The van der Waals surface area contributed by atoms with Crippen molar-refractivity contribution in [2.75, 3.05) is 39.4 Å². The normalized spacial score (nSPS) is 23.7. The molecule has 1 unspecified atom stereocenters. The van der Waals surface area contributed by atoms with Gasteiger partial charge in [-0.1, -0.05) is 0 Å². The number of carbonyl (C=O) groups is 1. The van der Waals surface area contributed by atoms with Crippen molar-refractivity contribution in [1.29, 1.82) is 0 Å². The maximum absolute atomic E-state index is 12.3. The second-order valence-corrected chi connectivity index (χ2v) is 8.83. The van der Waals surface area contributed by atoms with Gasteiger partial charge in [-0.15, -0.1) is 0 Å². The summed E-state index contributed by atoms with van der Waals surface area (Å²) in [5.74, 6) is 0.931. The summed E-state index contributed by atoms with van der Waals surface area (Å²) in [6.07, 6.45) is 4.29. The minimum absolute atomic E-state index is 0.102. The lowest BCUT2D eigenvalue weighted by Gasteiger charge is -2.41. The number of hydrogen-bond acceptors (Lipinski definition) is 6. The minimum atomic E-state index is -0.464. The van der Waals surface area contributed by atoms with E-state index in [0.29, 0.717) is 19.7 Å². The number of hydrogen-bond donors (Lipinski definition) is 0. The van der Waals surface area contributed by atoms with Crippen LogP contribution in [-0.4, -0.2) is 72.0 Å². The van der Waals surface area contributed by atoms with Crippen molar-refractivity contribution in [1.82, 2.24) is 14.8 Å². The molecule has 4 rings (SSSR count). The van der Waals surface area contributed by atoms with Gasteiger partial charge in [-0.25, -0.2) is 4.79 Å². The van der Waals surface area contributed by atoms with Crippen LogP contribution in [0.5, 0.6) is 5.75 Å². The third kappa shape index (κ3) is 4.25. The highest BCUT2D eigenvalue weighted by atomic mass is 16.6. The van der Waals surface area contributed by atoms with Crippen molar-refractivity contribution in [2.24, 2.45) is 0 Å². The molecular formula is C21H31N3O4. The minimum Gasteiger partial charge on any atom is -0.490 e. The van der Waals surface area contributed by atoms with Gasteiger partial charge in [0.15, 0.2) is 0 Å². The number of aromatic nitrogens is 1. The first kappa shape index (κ1) is 19.5. The van der Waals surface area contributed by atoms with Gasteiger partial charge in [0.05, 0.1) is 24.9 Å². The van der Waals surface area contributed by atoms with Crippen molar-refractivity contribution < 1.29 is 19.0 Å². The number of fused-ring (bicyclic) bond motifs is 3. The van der Waals surface area contributed by atoms with Crippen molar-refractivity contribution in [3.05, 3.63) is 23.5 Å². The molecule has 3 aliphatic heterocycles. The molecule has 0 radical (unpaired) electrons. The number of piperidine rings is 1. The van der Waals surface area contributed by atoms with Crippen molar-refractivity contribution in [3.63, 3.8) is 0 Å². The average Bonchev–Trinajstić information content (AvgIpc) is 2.67. The quantitative estimate of drug-likeness (QED) is 0.775. The number of carbonyl (C=O) groups excluding carboxylic acids is 1. The molecule has 1 atom stereocenters. The fraction of sp³-hybridized carbons (Fsp3) is 0.714. The standard InChI is InChI=1S/C21H31N3O4/c1-21(2,3)28-20(25)24-9-5-15(6-10-24)27-18-4-8-22-16-7-11-23-12-13-26-14-17(23)19(16)18/h4,8,15,17H,5-7,9-14H2,1-3H3. The first-order chi connectivity index (χ1) is 13.4. The molecule has 2 fully saturated rings. The molecule has 0 aromatic carbocycles. The zero-order valence-electron chi connectivity index (χ0n) is 17.1. The van der Waals surface area contributed by atoms with E-state index in [9.17, 15) is 4.79 Å².